The number of rotatable bonds is 7. The fourth-order valence-corrected chi connectivity index (χ4v) is 5.95. The van der Waals surface area contributed by atoms with Crippen LogP contribution in [0.3, 0.4) is 0 Å². The second-order valence-electron chi connectivity index (χ2n) is 8.52. The molecule has 0 radical (unpaired) electrons. The van der Waals surface area contributed by atoms with Crippen LogP contribution in [0.5, 0.6) is 11.5 Å². The van der Waals surface area contributed by atoms with E-state index >= 15 is 0 Å². The standard InChI is InChI=1S/C27H26BrClN2O5S/c1-6-35-26(33)22-15(4)30-27-31(23(22)17-9-7-8-10-19(17)29)25(32)21(37-27)13-16-11-18(28)24(36-14(2)3)20(12-16)34-5/h7-14,23H,6H2,1-5H3/b21-13-/t23-/m1/s1. The predicted molar refractivity (Wildman–Crippen MR) is 148 cm³/mol. The van der Waals surface area contributed by atoms with E-state index in [1.807, 2.05) is 32.0 Å². The first-order chi connectivity index (χ1) is 17.7. The molecule has 194 valence electrons. The summed E-state index contributed by atoms with van der Waals surface area (Å²) in [5, 5.41) is 0.438. The van der Waals surface area contributed by atoms with Crippen LogP contribution in [0, 0.1) is 0 Å². The molecule has 37 heavy (non-hydrogen) atoms. The number of halogens is 2. The number of nitrogens with zero attached hydrogens (tertiary/aromatic N) is 2. The molecule has 3 aromatic rings. The highest BCUT2D eigenvalue weighted by Crippen LogP contribution is 2.38. The van der Waals surface area contributed by atoms with Crippen LogP contribution in [0.15, 0.2) is 61.9 Å². The van der Waals surface area contributed by atoms with Crippen molar-refractivity contribution in [2.24, 2.45) is 4.99 Å². The number of fused-ring (bicyclic) bond motifs is 1. The first kappa shape index (κ1) is 27.2. The van der Waals surface area contributed by atoms with Gasteiger partial charge in [-0.3, -0.25) is 9.36 Å². The summed E-state index contributed by atoms with van der Waals surface area (Å²) in [7, 11) is 1.57. The van der Waals surface area contributed by atoms with Gasteiger partial charge in [0.25, 0.3) is 5.56 Å². The first-order valence-electron chi connectivity index (χ1n) is 11.6. The van der Waals surface area contributed by atoms with Crippen molar-refractivity contribution < 1.29 is 19.0 Å². The summed E-state index contributed by atoms with van der Waals surface area (Å²) in [6.45, 7) is 7.54. The van der Waals surface area contributed by atoms with Crippen molar-refractivity contribution >= 4 is 50.9 Å². The summed E-state index contributed by atoms with van der Waals surface area (Å²) < 4.78 is 19.4. The van der Waals surface area contributed by atoms with Gasteiger partial charge >= 0.3 is 5.97 Å². The van der Waals surface area contributed by atoms with E-state index in [9.17, 15) is 9.59 Å². The number of carbonyl (C=O) groups excluding carboxylic acids is 1. The average Bonchev–Trinajstić information content (AvgIpc) is 3.14. The fraction of sp³-hybridized carbons (Fsp3) is 0.296. The summed E-state index contributed by atoms with van der Waals surface area (Å²) in [4.78, 5) is 31.9. The Morgan fingerprint density at radius 2 is 2.03 bits per heavy atom. The number of methoxy groups -OCH3 is 1. The molecule has 1 atom stereocenters. The van der Waals surface area contributed by atoms with Gasteiger partial charge in [0.15, 0.2) is 16.3 Å². The molecule has 2 aromatic carbocycles. The van der Waals surface area contributed by atoms with Crippen molar-refractivity contribution in [1.82, 2.24) is 4.57 Å². The molecule has 7 nitrogen and oxygen atoms in total. The maximum atomic E-state index is 13.8. The van der Waals surface area contributed by atoms with E-state index in [1.54, 1.807) is 45.2 Å². The lowest BCUT2D eigenvalue weighted by Gasteiger charge is -2.25. The molecule has 0 unspecified atom stereocenters. The van der Waals surface area contributed by atoms with Crippen LogP contribution in [-0.4, -0.2) is 30.4 Å². The minimum atomic E-state index is -0.769. The van der Waals surface area contributed by atoms with Gasteiger partial charge in [-0.1, -0.05) is 41.1 Å². The number of carbonyl (C=O) groups is 1. The lowest BCUT2D eigenvalue weighted by atomic mass is 9.96. The van der Waals surface area contributed by atoms with Crippen LogP contribution >= 0.6 is 38.9 Å². The van der Waals surface area contributed by atoms with Crippen molar-refractivity contribution in [3.63, 3.8) is 0 Å². The molecule has 4 rings (SSSR count). The Hall–Kier alpha value is -2.88. The van der Waals surface area contributed by atoms with Gasteiger partial charge in [-0.2, -0.15) is 0 Å². The second kappa shape index (κ2) is 11.2. The van der Waals surface area contributed by atoms with Gasteiger partial charge in [0.1, 0.15) is 6.04 Å². The number of hydrogen-bond donors (Lipinski definition) is 0. The van der Waals surface area contributed by atoms with E-state index < -0.39 is 12.0 Å². The molecule has 10 heteroatoms. The van der Waals surface area contributed by atoms with Crippen molar-refractivity contribution in [3.8, 4) is 11.5 Å². The Morgan fingerprint density at radius 1 is 1.30 bits per heavy atom. The Bertz CT molecular complexity index is 1570. The van der Waals surface area contributed by atoms with Crippen LogP contribution in [0.2, 0.25) is 5.02 Å². The molecule has 0 bridgehead atoms. The van der Waals surface area contributed by atoms with Gasteiger partial charge in [-0.15, -0.1) is 0 Å². The molecule has 2 heterocycles. The van der Waals surface area contributed by atoms with E-state index in [-0.39, 0.29) is 23.8 Å². The summed E-state index contributed by atoms with van der Waals surface area (Å²) in [5.41, 5.74) is 1.83. The Balaban J connectivity index is 1.93. The van der Waals surface area contributed by atoms with Crippen molar-refractivity contribution in [2.45, 2.75) is 39.8 Å². The topological polar surface area (TPSA) is 79.1 Å². The molecule has 0 N–H and O–H groups in total. The van der Waals surface area contributed by atoms with Crippen LogP contribution in [0.4, 0.5) is 0 Å². The van der Waals surface area contributed by atoms with Gasteiger partial charge in [-0.05, 0) is 79.0 Å². The third kappa shape index (κ3) is 5.39. The van der Waals surface area contributed by atoms with Crippen molar-refractivity contribution in [2.75, 3.05) is 13.7 Å². The lowest BCUT2D eigenvalue weighted by Crippen LogP contribution is -2.40. The molecule has 1 aromatic heterocycles. The highest BCUT2D eigenvalue weighted by Gasteiger charge is 2.34. The molecule has 0 aliphatic carbocycles. The smallest absolute Gasteiger partial charge is 0.338 e. The minimum absolute atomic E-state index is 0.0404. The second-order valence-corrected chi connectivity index (χ2v) is 10.8. The molecule has 1 aliphatic heterocycles. The number of esters is 1. The van der Waals surface area contributed by atoms with Crippen LogP contribution < -0.4 is 24.4 Å². The summed E-state index contributed by atoms with van der Waals surface area (Å²) in [6, 6.07) is 10.1. The SMILES string of the molecule is CCOC(=O)C1=C(C)N=c2s/c(=C\c3cc(Br)c(OC(C)C)c(OC)c3)c(=O)n2[C@@H]1c1ccccc1Cl. The number of hydrogen-bond acceptors (Lipinski definition) is 7. The molecular weight excluding hydrogens is 580 g/mol. The Labute approximate surface area is 231 Å². The van der Waals surface area contributed by atoms with Crippen LogP contribution in [-0.2, 0) is 9.53 Å². The molecule has 0 amide bonds. The quantitative estimate of drug-likeness (QED) is 0.354. The van der Waals surface area contributed by atoms with Gasteiger partial charge in [0, 0.05) is 5.02 Å². The number of thiazole rings is 1. The minimum Gasteiger partial charge on any atom is -0.493 e. The number of ether oxygens (including phenoxy) is 3. The summed E-state index contributed by atoms with van der Waals surface area (Å²) in [5.74, 6) is 0.596. The monoisotopic (exact) mass is 604 g/mol. The Kier molecular flexibility index (Phi) is 8.26. The van der Waals surface area contributed by atoms with E-state index in [0.29, 0.717) is 41.6 Å². The number of aromatic nitrogens is 1. The number of allylic oxidation sites excluding steroid dienone is 1. The molecule has 0 fully saturated rings. The fourth-order valence-electron chi connectivity index (χ4n) is 4.11. The van der Waals surface area contributed by atoms with Gasteiger partial charge in [0.05, 0.1) is 40.1 Å². The molecule has 0 spiro atoms. The van der Waals surface area contributed by atoms with E-state index in [2.05, 4.69) is 20.9 Å². The van der Waals surface area contributed by atoms with E-state index in [0.717, 1.165) is 5.56 Å². The molecule has 0 saturated heterocycles. The molecule has 1 aliphatic rings. The number of benzene rings is 2. The molecule has 0 saturated carbocycles. The maximum Gasteiger partial charge on any atom is 0.338 e. The zero-order valence-corrected chi connectivity index (χ0v) is 24.2. The lowest BCUT2D eigenvalue weighted by molar-refractivity contribution is -0.139. The maximum absolute atomic E-state index is 13.8. The van der Waals surface area contributed by atoms with Crippen molar-refractivity contribution in [1.29, 1.82) is 0 Å². The van der Waals surface area contributed by atoms with E-state index in [4.69, 9.17) is 25.8 Å². The average molecular weight is 606 g/mol. The highest BCUT2D eigenvalue weighted by molar-refractivity contribution is 9.10. The third-order valence-electron chi connectivity index (χ3n) is 5.62. The van der Waals surface area contributed by atoms with Gasteiger partial charge in [0.2, 0.25) is 0 Å². The highest BCUT2D eigenvalue weighted by atomic mass is 79.9. The van der Waals surface area contributed by atoms with E-state index in [1.165, 1.54) is 15.9 Å². The van der Waals surface area contributed by atoms with Crippen LogP contribution in [0.1, 0.15) is 44.9 Å². The zero-order valence-electron chi connectivity index (χ0n) is 21.0. The van der Waals surface area contributed by atoms with Gasteiger partial charge in [-0.25, -0.2) is 9.79 Å². The Morgan fingerprint density at radius 3 is 2.68 bits per heavy atom. The normalized spacial score (nSPS) is 15.5. The third-order valence-corrected chi connectivity index (χ3v) is 7.54. The van der Waals surface area contributed by atoms with Crippen molar-refractivity contribution in [3.05, 3.63) is 88.0 Å². The van der Waals surface area contributed by atoms with Crippen LogP contribution in [0.25, 0.3) is 6.08 Å². The first-order valence-corrected chi connectivity index (χ1v) is 13.6. The predicted octanol–water partition coefficient (Wildman–Crippen LogP) is 5.01. The summed E-state index contributed by atoms with van der Waals surface area (Å²) >= 11 is 11.3. The largest absolute Gasteiger partial charge is 0.493 e. The van der Waals surface area contributed by atoms with Gasteiger partial charge < -0.3 is 14.2 Å². The summed E-state index contributed by atoms with van der Waals surface area (Å²) in [6.07, 6.45) is 1.73. The zero-order chi connectivity index (χ0) is 26.9. The molecular formula is C27H26BrClN2O5S.